The SMILES string of the molecule is CCN(C=O)CC.c1cc[c]([Bi]([c]2ccccc2)[c]2ccccc2)cc1. The molecule has 3 aromatic rings. The van der Waals surface area contributed by atoms with Crippen LogP contribution in [0.1, 0.15) is 13.8 Å². The first-order chi connectivity index (χ1) is 12.8. The Balaban J connectivity index is 0.000000298. The van der Waals surface area contributed by atoms with Gasteiger partial charge in [-0.05, 0) is 13.8 Å². The molecule has 0 radical (unpaired) electrons. The summed E-state index contributed by atoms with van der Waals surface area (Å²) in [4.78, 5) is 11.6. The fourth-order valence-corrected chi connectivity index (χ4v) is 11.5. The summed E-state index contributed by atoms with van der Waals surface area (Å²) in [7, 11) is 0. The van der Waals surface area contributed by atoms with Crippen molar-refractivity contribution in [2.45, 2.75) is 13.8 Å². The summed E-state index contributed by atoms with van der Waals surface area (Å²) in [5, 5.41) is 0. The second kappa shape index (κ2) is 11.6. The average molecular weight is 541 g/mol. The summed E-state index contributed by atoms with van der Waals surface area (Å²) in [5.74, 6) is 0. The predicted octanol–water partition coefficient (Wildman–Crippen LogP) is 2.69. The molecule has 3 rings (SSSR count). The van der Waals surface area contributed by atoms with Crippen molar-refractivity contribution in [3.05, 3.63) is 91.0 Å². The van der Waals surface area contributed by atoms with E-state index in [1.165, 1.54) is 9.81 Å². The zero-order chi connectivity index (χ0) is 18.6. The zero-order valence-corrected chi connectivity index (χ0v) is 18.9. The molecule has 0 fully saturated rings. The maximum atomic E-state index is 9.89. The summed E-state index contributed by atoms with van der Waals surface area (Å²) in [6.07, 6.45) is 0.861. The van der Waals surface area contributed by atoms with E-state index in [9.17, 15) is 4.79 Å². The Morgan fingerprint density at radius 1 is 0.654 bits per heavy atom. The number of amides is 1. The van der Waals surface area contributed by atoms with Crippen LogP contribution in [0.2, 0.25) is 0 Å². The molecule has 0 unspecified atom stereocenters. The molecule has 3 heteroatoms. The Labute approximate surface area is 165 Å². The molecule has 1 amide bonds. The molecule has 0 aliphatic rings. The monoisotopic (exact) mass is 541 g/mol. The molecule has 0 heterocycles. The molecule has 0 bridgehead atoms. The van der Waals surface area contributed by atoms with Crippen molar-refractivity contribution in [1.82, 2.24) is 4.90 Å². The Hall–Kier alpha value is -1.99. The minimum atomic E-state index is -2.06. The Morgan fingerprint density at radius 2 is 0.962 bits per heavy atom. The normalized spacial score (nSPS) is 9.96. The molecule has 3 aromatic carbocycles. The first kappa shape index (κ1) is 20.3. The van der Waals surface area contributed by atoms with E-state index in [1.54, 1.807) is 4.90 Å². The maximum absolute atomic E-state index is 9.89. The van der Waals surface area contributed by atoms with Gasteiger partial charge in [-0.25, -0.2) is 0 Å². The van der Waals surface area contributed by atoms with Gasteiger partial charge in [0.1, 0.15) is 0 Å². The van der Waals surface area contributed by atoms with Gasteiger partial charge in [-0.15, -0.1) is 0 Å². The third-order valence-corrected chi connectivity index (χ3v) is 13.5. The van der Waals surface area contributed by atoms with Crippen LogP contribution in [0.3, 0.4) is 0 Å². The second-order valence-corrected chi connectivity index (χ2v) is 14.3. The van der Waals surface area contributed by atoms with Crippen LogP contribution in [-0.4, -0.2) is 46.2 Å². The van der Waals surface area contributed by atoms with Crippen molar-refractivity contribution in [1.29, 1.82) is 0 Å². The number of hydrogen-bond acceptors (Lipinski definition) is 1. The average Bonchev–Trinajstić information content (AvgIpc) is 2.72. The third-order valence-electron chi connectivity index (χ3n) is 4.00. The van der Waals surface area contributed by atoms with Gasteiger partial charge in [0.05, 0.1) is 0 Å². The van der Waals surface area contributed by atoms with Crippen LogP contribution >= 0.6 is 0 Å². The van der Waals surface area contributed by atoms with E-state index in [-0.39, 0.29) is 0 Å². The number of carbonyl (C=O) groups is 1. The van der Waals surface area contributed by atoms with Crippen molar-refractivity contribution in [3.63, 3.8) is 0 Å². The summed E-state index contributed by atoms with van der Waals surface area (Å²) >= 11 is -2.06. The molecule has 0 spiro atoms. The molecule has 0 aromatic heterocycles. The molecule has 0 atom stereocenters. The van der Waals surface area contributed by atoms with E-state index in [0.717, 1.165) is 19.5 Å². The summed E-state index contributed by atoms with van der Waals surface area (Å²) in [6.45, 7) is 5.55. The predicted molar refractivity (Wildman–Crippen MR) is 113 cm³/mol. The molecule has 0 aliphatic heterocycles. The number of hydrogen-bond donors (Lipinski definition) is 0. The molecule has 26 heavy (non-hydrogen) atoms. The van der Waals surface area contributed by atoms with E-state index in [2.05, 4.69) is 91.0 Å². The molecule has 0 aliphatic carbocycles. The number of rotatable bonds is 6. The van der Waals surface area contributed by atoms with E-state index >= 15 is 0 Å². The molecule has 2 nitrogen and oxygen atoms in total. The molecular formula is C23H26BiNO. The Morgan fingerprint density at radius 3 is 1.15 bits per heavy atom. The van der Waals surface area contributed by atoms with Gasteiger partial charge in [0.25, 0.3) is 0 Å². The van der Waals surface area contributed by atoms with Gasteiger partial charge in [-0.3, -0.25) is 4.79 Å². The number of nitrogens with zero attached hydrogens (tertiary/aromatic N) is 1. The van der Waals surface area contributed by atoms with Crippen LogP contribution in [0, 0.1) is 0 Å². The van der Waals surface area contributed by atoms with Gasteiger partial charge < -0.3 is 4.90 Å². The molecule has 134 valence electrons. The van der Waals surface area contributed by atoms with Crippen LogP contribution in [-0.2, 0) is 4.79 Å². The van der Waals surface area contributed by atoms with Crippen LogP contribution < -0.4 is 9.81 Å². The molecular weight excluding hydrogens is 515 g/mol. The van der Waals surface area contributed by atoms with Crippen molar-refractivity contribution in [2.75, 3.05) is 13.1 Å². The van der Waals surface area contributed by atoms with E-state index in [0.29, 0.717) is 0 Å². The Kier molecular flexibility index (Phi) is 9.06. The standard InChI is InChI=1S/3C6H5.C5H11NO.Bi/c3*1-2-4-6-5-3-1;1-3-6(4-2)5-7;/h3*1-5H;5H,3-4H2,1-2H3;. The van der Waals surface area contributed by atoms with Crippen LogP contribution in [0.15, 0.2) is 91.0 Å². The molecule has 0 saturated heterocycles. The molecule has 0 saturated carbocycles. The first-order valence-electron chi connectivity index (χ1n) is 8.94. The number of benzene rings is 3. The van der Waals surface area contributed by atoms with Crippen molar-refractivity contribution >= 4 is 38.0 Å². The van der Waals surface area contributed by atoms with Gasteiger partial charge in [0, 0.05) is 13.1 Å². The van der Waals surface area contributed by atoms with Gasteiger partial charge in [0.15, 0.2) is 0 Å². The fourth-order valence-electron chi connectivity index (χ4n) is 2.55. The van der Waals surface area contributed by atoms with Crippen molar-refractivity contribution in [3.8, 4) is 0 Å². The third kappa shape index (κ3) is 6.07. The van der Waals surface area contributed by atoms with E-state index in [4.69, 9.17) is 0 Å². The van der Waals surface area contributed by atoms with E-state index in [1.807, 2.05) is 13.8 Å². The quantitative estimate of drug-likeness (QED) is 0.348. The summed E-state index contributed by atoms with van der Waals surface area (Å²) in [6, 6.07) is 33.0. The van der Waals surface area contributed by atoms with Gasteiger partial charge in [-0.2, -0.15) is 0 Å². The van der Waals surface area contributed by atoms with Crippen molar-refractivity contribution < 1.29 is 4.79 Å². The van der Waals surface area contributed by atoms with Crippen LogP contribution in [0.4, 0.5) is 0 Å². The molecule has 0 N–H and O–H groups in total. The van der Waals surface area contributed by atoms with Crippen LogP contribution in [0.25, 0.3) is 0 Å². The summed E-state index contributed by atoms with van der Waals surface area (Å²) < 4.78 is 4.61. The van der Waals surface area contributed by atoms with Crippen molar-refractivity contribution in [2.24, 2.45) is 0 Å². The number of carbonyl (C=O) groups excluding carboxylic acids is 1. The van der Waals surface area contributed by atoms with E-state index < -0.39 is 21.8 Å². The van der Waals surface area contributed by atoms with Gasteiger partial charge in [-0.1, -0.05) is 0 Å². The van der Waals surface area contributed by atoms with Gasteiger partial charge in [0.2, 0.25) is 6.41 Å². The zero-order valence-electron chi connectivity index (χ0n) is 15.5. The fraction of sp³-hybridized carbons (Fsp3) is 0.174. The topological polar surface area (TPSA) is 20.3 Å². The van der Waals surface area contributed by atoms with Crippen LogP contribution in [0.5, 0.6) is 0 Å². The summed E-state index contributed by atoms with van der Waals surface area (Å²) in [5.41, 5.74) is 0. The minimum absolute atomic E-state index is 0.819. The Bertz CT molecular complexity index is 649. The van der Waals surface area contributed by atoms with Gasteiger partial charge >= 0.3 is 123 Å². The first-order valence-corrected chi connectivity index (χ1v) is 14.2. The second-order valence-electron chi connectivity index (χ2n) is 5.67.